The Labute approximate surface area is 190 Å². The normalized spacial score (nSPS) is 17.6. The van der Waals surface area contributed by atoms with Crippen LogP contribution >= 0.6 is 0 Å². The summed E-state index contributed by atoms with van der Waals surface area (Å²) < 4.78 is 18.9. The Kier molecular flexibility index (Phi) is 4.78. The van der Waals surface area contributed by atoms with Gasteiger partial charge >= 0.3 is 0 Å². The molecule has 4 heterocycles. The monoisotopic (exact) mass is 444 g/mol. The minimum Gasteiger partial charge on any atom is -0.454 e. The molecule has 2 aromatic heterocycles. The fraction of sp³-hybridized carbons (Fsp3) is 0.320. The van der Waals surface area contributed by atoms with Crippen molar-refractivity contribution in [2.75, 3.05) is 19.9 Å². The van der Waals surface area contributed by atoms with Crippen molar-refractivity contribution in [2.45, 2.75) is 25.2 Å². The first kappa shape index (κ1) is 19.8. The minimum absolute atomic E-state index is 0.0329. The van der Waals surface area contributed by atoms with E-state index in [4.69, 9.17) is 13.9 Å². The number of benzene rings is 2. The van der Waals surface area contributed by atoms with E-state index in [1.165, 1.54) is 0 Å². The first-order chi connectivity index (χ1) is 16.2. The average Bonchev–Trinajstić information content (AvgIpc) is 3.58. The van der Waals surface area contributed by atoms with Crippen molar-refractivity contribution in [3.05, 3.63) is 60.1 Å². The molecular formula is C25H24N4O4. The van der Waals surface area contributed by atoms with E-state index in [1.807, 2.05) is 42.3 Å². The first-order valence-corrected chi connectivity index (χ1v) is 11.2. The number of aromatic nitrogens is 3. The van der Waals surface area contributed by atoms with Gasteiger partial charge in [-0.25, -0.2) is 0 Å². The summed E-state index contributed by atoms with van der Waals surface area (Å²) in [4.78, 5) is 15.1. The van der Waals surface area contributed by atoms with Crippen LogP contribution in [0.2, 0.25) is 0 Å². The molecule has 2 aliphatic rings. The Hall–Kier alpha value is -3.81. The summed E-state index contributed by atoms with van der Waals surface area (Å²) in [5, 5.41) is 9.68. The average molecular weight is 444 g/mol. The number of piperidine rings is 1. The van der Waals surface area contributed by atoms with Crippen LogP contribution in [0.25, 0.3) is 22.4 Å². The maximum atomic E-state index is 13.2. The van der Waals surface area contributed by atoms with Gasteiger partial charge in [-0.05, 0) is 42.7 Å². The molecule has 0 spiro atoms. The van der Waals surface area contributed by atoms with Crippen molar-refractivity contribution < 1.29 is 18.7 Å². The standard InChI is InChI=1S/C25H24N4O4/c1-28-13-18(19-6-2-3-7-20(19)28)12-23(30)29-10-4-5-17(14-29)25-27-26-24(33-25)16-8-9-21-22(11-16)32-15-31-21/h2-3,6-9,11,13,17H,4-5,10,12,14-15H2,1H3. The molecule has 2 aliphatic heterocycles. The topological polar surface area (TPSA) is 82.6 Å². The number of aryl methyl sites for hydroxylation is 1. The number of nitrogens with zero attached hydrogens (tertiary/aromatic N) is 4. The molecule has 1 fully saturated rings. The summed E-state index contributed by atoms with van der Waals surface area (Å²) in [5.41, 5.74) is 2.99. The second-order valence-electron chi connectivity index (χ2n) is 8.65. The lowest BCUT2D eigenvalue weighted by atomic mass is 9.97. The molecule has 33 heavy (non-hydrogen) atoms. The van der Waals surface area contributed by atoms with Gasteiger partial charge in [0, 0.05) is 42.8 Å². The van der Waals surface area contributed by atoms with Crippen molar-refractivity contribution in [3.8, 4) is 23.0 Å². The van der Waals surface area contributed by atoms with Crippen molar-refractivity contribution in [1.82, 2.24) is 19.7 Å². The van der Waals surface area contributed by atoms with E-state index >= 15 is 0 Å². The molecule has 168 valence electrons. The van der Waals surface area contributed by atoms with Gasteiger partial charge in [0.1, 0.15) is 0 Å². The lowest BCUT2D eigenvalue weighted by Gasteiger charge is -2.31. The number of para-hydroxylation sites is 1. The van der Waals surface area contributed by atoms with E-state index in [1.54, 1.807) is 0 Å². The van der Waals surface area contributed by atoms with Gasteiger partial charge in [0.2, 0.25) is 24.5 Å². The smallest absolute Gasteiger partial charge is 0.247 e. The molecule has 0 N–H and O–H groups in total. The highest BCUT2D eigenvalue weighted by molar-refractivity contribution is 5.89. The zero-order valence-electron chi connectivity index (χ0n) is 18.4. The fourth-order valence-electron chi connectivity index (χ4n) is 4.79. The van der Waals surface area contributed by atoms with Gasteiger partial charge in [0.25, 0.3) is 0 Å². The highest BCUT2D eigenvalue weighted by Gasteiger charge is 2.29. The molecule has 0 radical (unpaired) electrons. The van der Waals surface area contributed by atoms with Crippen LogP contribution in [0.5, 0.6) is 11.5 Å². The zero-order chi connectivity index (χ0) is 22.4. The van der Waals surface area contributed by atoms with E-state index in [0.29, 0.717) is 36.2 Å². The van der Waals surface area contributed by atoms with Crippen LogP contribution in [0.4, 0.5) is 0 Å². The molecule has 8 heteroatoms. The molecule has 0 aliphatic carbocycles. The third kappa shape index (κ3) is 3.61. The van der Waals surface area contributed by atoms with Crippen molar-refractivity contribution in [3.63, 3.8) is 0 Å². The molecule has 1 atom stereocenters. The third-order valence-electron chi connectivity index (χ3n) is 6.50. The van der Waals surface area contributed by atoms with Crippen LogP contribution in [-0.2, 0) is 18.3 Å². The molecule has 1 unspecified atom stereocenters. The minimum atomic E-state index is 0.0329. The molecule has 2 aromatic carbocycles. The van der Waals surface area contributed by atoms with E-state index < -0.39 is 0 Å². The maximum Gasteiger partial charge on any atom is 0.247 e. The summed E-state index contributed by atoms with van der Waals surface area (Å²) >= 11 is 0. The third-order valence-corrected chi connectivity index (χ3v) is 6.50. The van der Waals surface area contributed by atoms with Crippen LogP contribution in [-0.4, -0.2) is 45.5 Å². The van der Waals surface area contributed by atoms with Crippen LogP contribution in [0, 0.1) is 0 Å². The summed E-state index contributed by atoms with van der Waals surface area (Å²) in [7, 11) is 2.01. The fourth-order valence-corrected chi connectivity index (χ4v) is 4.79. The Morgan fingerprint density at radius 3 is 2.94 bits per heavy atom. The number of fused-ring (bicyclic) bond motifs is 2. The predicted octanol–water partition coefficient (Wildman–Crippen LogP) is 3.91. The number of hydrogen-bond donors (Lipinski definition) is 0. The Bertz CT molecular complexity index is 1340. The summed E-state index contributed by atoms with van der Waals surface area (Å²) in [5.74, 6) is 2.58. The van der Waals surface area contributed by atoms with E-state index in [0.717, 1.165) is 41.4 Å². The second kappa shape index (κ2) is 7.95. The summed E-state index contributed by atoms with van der Waals surface area (Å²) in [6.07, 6.45) is 4.27. The molecule has 4 aromatic rings. The number of likely N-dealkylation sites (tertiary alicyclic amines) is 1. The first-order valence-electron chi connectivity index (χ1n) is 11.2. The molecule has 0 bridgehead atoms. The van der Waals surface area contributed by atoms with Gasteiger partial charge in [-0.15, -0.1) is 10.2 Å². The van der Waals surface area contributed by atoms with Gasteiger partial charge in [-0.2, -0.15) is 0 Å². The maximum absolute atomic E-state index is 13.2. The lowest BCUT2D eigenvalue weighted by Crippen LogP contribution is -2.40. The number of rotatable bonds is 4. The SMILES string of the molecule is Cn1cc(CC(=O)N2CCCC(c3nnc(-c4ccc5c(c4)OCO5)o3)C2)c2ccccc21. The zero-order valence-corrected chi connectivity index (χ0v) is 18.4. The molecule has 8 nitrogen and oxygen atoms in total. The van der Waals surface area contributed by atoms with Crippen molar-refractivity contribution in [1.29, 1.82) is 0 Å². The summed E-state index contributed by atoms with van der Waals surface area (Å²) in [6, 6.07) is 13.8. The highest BCUT2D eigenvalue weighted by atomic mass is 16.7. The van der Waals surface area contributed by atoms with E-state index in [-0.39, 0.29) is 18.6 Å². The molecule has 0 saturated carbocycles. The Morgan fingerprint density at radius 1 is 1.12 bits per heavy atom. The quantitative estimate of drug-likeness (QED) is 0.475. The van der Waals surface area contributed by atoms with Crippen molar-refractivity contribution >= 4 is 16.8 Å². The lowest BCUT2D eigenvalue weighted by molar-refractivity contribution is -0.131. The van der Waals surface area contributed by atoms with E-state index in [9.17, 15) is 4.79 Å². The Balaban J connectivity index is 1.17. The highest BCUT2D eigenvalue weighted by Crippen LogP contribution is 2.36. The van der Waals surface area contributed by atoms with Crippen LogP contribution in [0.3, 0.4) is 0 Å². The molecule has 1 amide bonds. The second-order valence-corrected chi connectivity index (χ2v) is 8.65. The van der Waals surface area contributed by atoms with Crippen molar-refractivity contribution in [2.24, 2.45) is 7.05 Å². The number of amides is 1. The van der Waals surface area contributed by atoms with Gasteiger partial charge in [0.05, 0.1) is 12.3 Å². The van der Waals surface area contributed by atoms with Crippen LogP contribution in [0.15, 0.2) is 53.1 Å². The number of carbonyl (C=O) groups is 1. The largest absolute Gasteiger partial charge is 0.454 e. The number of hydrogen-bond acceptors (Lipinski definition) is 6. The molecular weight excluding hydrogens is 420 g/mol. The molecule has 6 rings (SSSR count). The van der Waals surface area contributed by atoms with Crippen LogP contribution < -0.4 is 9.47 Å². The van der Waals surface area contributed by atoms with E-state index in [2.05, 4.69) is 33.1 Å². The van der Waals surface area contributed by atoms with Gasteiger partial charge < -0.3 is 23.4 Å². The predicted molar refractivity (Wildman–Crippen MR) is 121 cm³/mol. The Morgan fingerprint density at radius 2 is 2.00 bits per heavy atom. The van der Waals surface area contributed by atoms with Gasteiger partial charge in [-0.3, -0.25) is 4.79 Å². The van der Waals surface area contributed by atoms with Crippen LogP contribution in [0.1, 0.15) is 30.2 Å². The summed E-state index contributed by atoms with van der Waals surface area (Å²) in [6.45, 7) is 1.56. The van der Waals surface area contributed by atoms with Gasteiger partial charge in [-0.1, -0.05) is 18.2 Å². The number of ether oxygens (including phenoxy) is 2. The van der Waals surface area contributed by atoms with Gasteiger partial charge in [0.15, 0.2) is 11.5 Å². The number of carbonyl (C=O) groups excluding carboxylic acids is 1. The molecule has 1 saturated heterocycles.